The summed E-state index contributed by atoms with van der Waals surface area (Å²) in [5.74, 6) is 0. The lowest BCUT2D eigenvalue weighted by Crippen LogP contribution is -2.30. The Morgan fingerprint density at radius 1 is 0.952 bits per heavy atom. The topological polar surface area (TPSA) is 12.0 Å². The highest BCUT2D eigenvalue weighted by Crippen LogP contribution is 2.20. The van der Waals surface area contributed by atoms with Gasteiger partial charge in [-0.05, 0) is 75.0 Å². The van der Waals surface area contributed by atoms with Crippen molar-refractivity contribution < 1.29 is 0 Å². The minimum atomic E-state index is 0.464. The monoisotopic (exact) mass is 345 g/mol. The van der Waals surface area contributed by atoms with Gasteiger partial charge in [-0.15, -0.1) is 0 Å². The minimum Gasteiger partial charge on any atom is -0.316 e. The Hall–Kier alpha value is -1.12. The summed E-state index contributed by atoms with van der Waals surface area (Å²) in [7, 11) is 2.06. The minimum absolute atomic E-state index is 0.464. The smallest absolute Gasteiger partial charge is 0.0175 e. The molecule has 112 valence electrons. The Balaban J connectivity index is 2.14. The fraction of sp³-hybridized carbons (Fsp3) is 0.368. The molecule has 0 bridgehead atoms. The van der Waals surface area contributed by atoms with Crippen molar-refractivity contribution in [3.05, 3.63) is 68.7 Å². The normalized spacial score (nSPS) is 12.4. The van der Waals surface area contributed by atoms with E-state index in [2.05, 4.69) is 85.5 Å². The van der Waals surface area contributed by atoms with Crippen LogP contribution in [-0.4, -0.2) is 13.1 Å². The lowest BCUT2D eigenvalue weighted by atomic mass is 9.92. The van der Waals surface area contributed by atoms with Crippen LogP contribution in [0.25, 0.3) is 0 Å². The molecular formula is C19H24BrN. The molecule has 0 aliphatic heterocycles. The molecule has 0 saturated carbocycles. The van der Waals surface area contributed by atoms with E-state index in [1.807, 2.05) is 0 Å². The Kier molecular flexibility index (Phi) is 5.60. The zero-order valence-electron chi connectivity index (χ0n) is 13.3. The van der Waals surface area contributed by atoms with Crippen LogP contribution in [0.2, 0.25) is 0 Å². The molecule has 1 N–H and O–H groups in total. The third-order valence-electron chi connectivity index (χ3n) is 4.09. The van der Waals surface area contributed by atoms with E-state index in [0.29, 0.717) is 6.04 Å². The van der Waals surface area contributed by atoms with Crippen LogP contribution in [0, 0.1) is 20.8 Å². The molecule has 0 aromatic heterocycles. The maximum atomic E-state index is 3.49. The van der Waals surface area contributed by atoms with E-state index >= 15 is 0 Å². The van der Waals surface area contributed by atoms with E-state index in [4.69, 9.17) is 0 Å². The molecule has 2 heteroatoms. The van der Waals surface area contributed by atoms with Crippen molar-refractivity contribution in [2.24, 2.45) is 0 Å². The van der Waals surface area contributed by atoms with Crippen molar-refractivity contribution in [1.82, 2.24) is 5.32 Å². The van der Waals surface area contributed by atoms with Gasteiger partial charge in [0.25, 0.3) is 0 Å². The number of nitrogens with one attached hydrogen (secondary N) is 1. The summed E-state index contributed by atoms with van der Waals surface area (Å²) in [6.07, 6.45) is 2.13. The van der Waals surface area contributed by atoms with Crippen LogP contribution in [-0.2, 0) is 12.8 Å². The molecule has 21 heavy (non-hydrogen) atoms. The second-order valence-corrected chi connectivity index (χ2v) is 6.81. The van der Waals surface area contributed by atoms with Gasteiger partial charge in [0.05, 0.1) is 0 Å². The number of benzene rings is 2. The summed E-state index contributed by atoms with van der Waals surface area (Å²) in [6, 6.07) is 13.7. The molecule has 1 nitrogen and oxygen atoms in total. The molecule has 0 aliphatic rings. The third kappa shape index (κ3) is 4.42. The number of halogens is 1. The number of hydrogen-bond acceptors (Lipinski definition) is 1. The van der Waals surface area contributed by atoms with E-state index in [-0.39, 0.29) is 0 Å². The second kappa shape index (κ2) is 7.24. The number of likely N-dealkylation sites (N-methyl/N-ethyl adjacent to an activating group) is 1. The van der Waals surface area contributed by atoms with Crippen molar-refractivity contribution in [2.75, 3.05) is 7.05 Å². The Morgan fingerprint density at radius 3 is 2.05 bits per heavy atom. The van der Waals surface area contributed by atoms with E-state index in [1.165, 1.54) is 27.8 Å². The summed E-state index contributed by atoms with van der Waals surface area (Å²) in [5.41, 5.74) is 7.02. The van der Waals surface area contributed by atoms with Crippen molar-refractivity contribution in [3.8, 4) is 0 Å². The lowest BCUT2D eigenvalue weighted by molar-refractivity contribution is 0.554. The lowest BCUT2D eigenvalue weighted by Gasteiger charge is -2.20. The third-order valence-corrected chi connectivity index (χ3v) is 4.62. The molecule has 2 aromatic carbocycles. The standard InChI is InChI=1S/C19H24BrN/c1-13-9-14(2)19(15(3)10-13)12-18(21-4)11-16-5-7-17(20)8-6-16/h5-10,18,21H,11-12H2,1-4H3. The quantitative estimate of drug-likeness (QED) is 0.824. The average molecular weight is 346 g/mol. The molecule has 1 unspecified atom stereocenters. The van der Waals surface area contributed by atoms with Crippen LogP contribution in [0.4, 0.5) is 0 Å². The van der Waals surface area contributed by atoms with Crippen molar-refractivity contribution >= 4 is 15.9 Å². The zero-order chi connectivity index (χ0) is 15.4. The van der Waals surface area contributed by atoms with Gasteiger partial charge >= 0.3 is 0 Å². The molecule has 1 atom stereocenters. The predicted molar refractivity (Wildman–Crippen MR) is 95.1 cm³/mol. The van der Waals surface area contributed by atoms with Gasteiger partial charge in [-0.1, -0.05) is 45.8 Å². The maximum Gasteiger partial charge on any atom is 0.0175 e. The van der Waals surface area contributed by atoms with Crippen molar-refractivity contribution in [2.45, 2.75) is 39.7 Å². The first-order valence-corrected chi connectivity index (χ1v) is 8.27. The Morgan fingerprint density at radius 2 is 1.52 bits per heavy atom. The molecule has 2 aromatic rings. The van der Waals surface area contributed by atoms with Gasteiger partial charge in [-0.3, -0.25) is 0 Å². The van der Waals surface area contributed by atoms with Gasteiger partial charge in [0.2, 0.25) is 0 Å². The maximum absolute atomic E-state index is 3.49. The summed E-state index contributed by atoms with van der Waals surface area (Å²) in [4.78, 5) is 0. The SMILES string of the molecule is CNC(Cc1ccc(Br)cc1)Cc1c(C)cc(C)cc1C. The van der Waals surface area contributed by atoms with Gasteiger partial charge in [0.1, 0.15) is 0 Å². The molecule has 0 amide bonds. The molecule has 0 spiro atoms. The van der Waals surface area contributed by atoms with Gasteiger partial charge in [-0.2, -0.15) is 0 Å². The fourth-order valence-electron chi connectivity index (χ4n) is 2.96. The average Bonchev–Trinajstić information content (AvgIpc) is 2.43. The van der Waals surface area contributed by atoms with Gasteiger partial charge in [0.15, 0.2) is 0 Å². The van der Waals surface area contributed by atoms with E-state index in [9.17, 15) is 0 Å². The van der Waals surface area contributed by atoms with Gasteiger partial charge < -0.3 is 5.32 Å². The van der Waals surface area contributed by atoms with Crippen LogP contribution in [0.1, 0.15) is 27.8 Å². The summed E-state index contributed by atoms with van der Waals surface area (Å²) >= 11 is 3.49. The first-order chi connectivity index (χ1) is 9.99. The number of rotatable bonds is 5. The van der Waals surface area contributed by atoms with Crippen molar-refractivity contribution in [1.29, 1.82) is 0 Å². The number of aryl methyl sites for hydroxylation is 3. The largest absolute Gasteiger partial charge is 0.316 e. The van der Waals surface area contributed by atoms with Crippen molar-refractivity contribution in [3.63, 3.8) is 0 Å². The molecular weight excluding hydrogens is 322 g/mol. The van der Waals surface area contributed by atoms with Gasteiger partial charge in [0, 0.05) is 10.5 Å². The summed E-state index contributed by atoms with van der Waals surface area (Å²) in [5, 5.41) is 3.47. The first-order valence-electron chi connectivity index (χ1n) is 7.48. The molecule has 0 aliphatic carbocycles. The fourth-order valence-corrected chi connectivity index (χ4v) is 3.22. The highest BCUT2D eigenvalue weighted by molar-refractivity contribution is 9.10. The summed E-state index contributed by atoms with van der Waals surface area (Å²) < 4.78 is 1.14. The molecule has 0 fully saturated rings. The Bertz CT molecular complexity index is 578. The Labute approximate surface area is 136 Å². The highest BCUT2D eigenvalue weighted by Gasteiger charge is 2.12. The van der Waals surface area contributed by atoms with Crippen LogP contribution < -0.4 is 5.32 Å². The second-order valence-electron chi connectivity index (χ2n) is 5.90. The van der Waals surface area contributed by atoms with E-state index in [1.54, 1.807) is 0 Å². The zero-order valence-corrected chi connectivity index (χ0v) is 14.9. The molecule has 0 heterocycles. The van der Waals surface area contributed by atoms with E-state index in [0.717, 1.165) is 17.3 Å². The van der Waals surface area contributed by atoms with E-state index < -0.39 is 0 Å². The first kappa shape index (κ1) is 16.3. The number of hydrogen-bond donors (Lipinski definition) is 1. The summed E-state index contributed by atoms with van der Waals surface area (Å²) in [6.45, 7) is 6.62. The highest BCUT2D eigenvalue weighted by atomic mass is 79.9. The molecule has 0 radical (unpaired) electrons. The van der Waals surface area contributed by atoms with Gasteiger partial charge in [-0.25, -0.2) is 0 Å². The molecule has 0 saturated heterocycles. The van der Waals surface area contributed by atoms with Crippen LogP contribution >= 0.6 is 15.9 Å². The van der Waals surface area contributed by atoms with Crippen LogP contribution in [0.5, 0.6) is 0 Å². The van der Waals surface area contributed by atoms with Crippen LogP contribution in [0.15, 0.2) is 40.9 Å². The van der Waals surface area contributed by atoms with Crippen LogP contribution in [0.3, 0.4) is 0 Å². The predicted octanol–water partition coefficient (Wildman–Crippen LogP) is 4.75. The molecule has 2 rings (SSSR count).